The average Bonchev–Trinajstić information content (AvgIpc) is 2.88. The van der Waals surface area contributed by atoms with Crippen molar-refractivity contribution < 1.29 is 13.2 Å². The first-order valence-corrected chi connectivity index (χ1v) is 8.94. The van der Waals surface area contributed by atoms with Gasteiger partial charge in [0.05, 0.1) is 6.54 Å². The van der Waals surface area contributed by atoms with Gasteiger partial charge in [0.15, 0.2) is 14.6 Å². The average molecular weight is 339 g/mol. The standard InChI is InChI=1S/C12H18N2O3S2.ClH/c1-19(16,17)12(4-6-13-7-5-12)11(15)14-9-10-3-2-8-18-10;/h2-3,8,13H,4-7,9H2,1H3,(H,14,15);1H. The summed E-state index contributed by atoms with van der Waals surface area (Å²) in [6.07, 6.45) is 1.83. The van der Waals surface area contributed by atoms with Crippen molar-refractivity contribution in [3.63, 3.8) is 0 Å². The van der Waals surface area contributed by atoms with Crippen LogP contribution < -0.4 is 10.6 Å². The summed E-state index contributed by atoms with van der Waals surface area (Å²) in [5.74, 6) is -0.370. The van der Waals surface area contributed by atoms with E-state index in [-0.39, 0.29) is 18.3 Å². The fraction of sp³-hybridized carbons (Fsp3) is 0.583. The summed E-state index contributed by atoms with van der Waals surface area (Å²) in [5.41, 5.74) is 0. The van der Waals surface area contributed by atoms with Gasteiger partial charge in [-0.15, -0.1) is 23.7 Å². The molecule has 0 saturated carbocycles. The lowest BCUT2D eigenvalue weighted by Gasteiger charge is -2.34. The van der Waals surface area contributed by atoms with Crippen molar-refractivity contribution in [2.24, 2.45) is 0 Å². The molecule has 1 aromatic heterocycles. The number of thiophene rings is 1. The Labute approximate surface area is 129 Å². The number of carbonyl (C=O) groups excluding carboxylic acids is 1. The van der Waals surface area contributed by atoms with Crippen LogP contribution in [0.15, 0.2) is 17.5 Å². The van der Waals surface area contributed by atoms with Crippen molar-refractivity contribution in [2.45, 2.75) is 24.1 Å². The summed E-state index contributed by atoms with van der Waals surface area (Å²) in [4.78, 5) is 13.4. The van der Waals surface area contributed by atoms with Crippen LogP contribution in [-0.4, -0.2) is 38.4 Å². The molecule has 2 rings (SSSR count). The van der Waals surface area contributed by atoms with Crippen LogP contribution in [0.1, 0.15) is 17.7 Å². The van der Waals surface area contributed by atoms with E-state index in [0.717, 1.165) is 11.1 Å². The second kappa shape index (κ2) is 6.89. The van der Waals surface area contributed by atoms with Crippen molar-refractivity contribution >= 4 is 39.5 Å². The molecule has 0 spiro atoms. The van der Waals surface area contributed by atoms with Gasteiger partial charge in [-0.25, -0.2) is 8.42 Å². The molecule has 0 atom stereocenters. The van der Waals surface area contributed by atoms with E-state index in [2.05, 4.69) is 10.6 Å². The molecule has 1 aliphatic heterocycles. The molecule has 1 amide bonds. The third-order valence-electron chi connectivity index (χ3n) is 3.54. The Bertz CT molecular complexity index is 537. The number of piperidine rings is 1. The van der Waals surface area contributed by atoms with E-state index in [1.54, 1.807) is 11.3 Å². The van der Waals surface area contributed by atoms with Gasteiger partial charge in [0.25, 0.3) is 0 Å². The molecule has 2 N–H and O–H groups in total. The highest BCUT2D eigenvalue weighted by Gasteiger charge is 2.48. The van der Waals surface area contributed by atoms with Gasteiger partial charge in [0.1, 0.15) is 0 Å². The Morgan fingerprint density at radius 2 is 2.10 bits per heavy atom. The van der Waals surface area contributed by atoms with Gasteiger partial charge in [-0.2, -0.15) is 0 Å². The van der Waals surface area contributed by atoms with Crippen LogP contribution in [0, 0.1) is 0 Å². The molecule has 0 unspecified atom stereocenters. The van der Waals surface area contributed by atoms with Gasteiger partial charge in [-0.3, -0.25) is 4.79 Å². The molecule has 8 heteroatoms. The maximum Gasteiger partial charge on any atom is 0.241 e. The van der Waals surface area contributed by atoms with E-state index >= 15 is 0 Å². The van der Waals surface area contributed by atoms with Crippen LogP contribution in [0.4, 0.5) is 0 Å². The zero-order chi connectivity index (χ0) is 13.9. The smallest absolute Gasteiger partial charge is 0.241 e. The maximum atomic E-state index is 12.3. The van der Waals surface area contributed by atoms with Crippen molar-refractivity contribution in [3.05, 3.63) is 22.4 Å². The Morgan fingerprint density at radius 3 is 2.60 bits per heavy atom. The highest BCUT2D eigenvalue weighted by Crippen LogP contribution is 2.28. The highest BCUT2D eigenvalue weighted by atomic mass is 35.5. The minimum Gasteiger partial charge on any atom is -0.350 e. The molecule has 114 valence electrons. The number of halogens is 1. The van der Waals surface area contributed by atoms with E-state index in [0.29, 0.717) is 32.5 Å². The van der Waals surface area contributed by atoms with Crippen LogP contribution in [0.25, 0.3) is 0 Å². The number of carbonyl (C=O) groups is 1. The van der Waals surface area contributed by atoms with Gasteiger partial charge >= 0.3 is 0 Å². The molecule has 1 aliphatic rings. The van der Waals surface area contributed by atoms with E-state index in [4.69, 9.17) is 0 Å². The van der Waals surface area contributed by atoms with Gasteiger partial charge in [-0.1, -0.05) is 6.07 Å². The minimum absolute atomic E-state index is 0. The fourth-order valence-electron chi connectivity index (χ4n) is 2.34. The molecule has 1 fully saturated rings. The third-order valence-corrected chi connectivity index (χ3v) is 6.43. The number of nitrogens with one attached hydrogen (secondary N) is 2. The molecule has 20 heavy (non-hydrogen) atoms. The molecule has 0 radical (unpaired) electrons. The van der Waals surface area contributed by atoms with Crippen LogP contribution in [-0.2, 0) is 21.2 Å². The summed E-state index contributed by atoms with van der Waals surface area (Å²) < 4.78 is 22.8. The van der Waals surface area contributed by atoms with Crippen molar-refractivity contribution in [3.8, 4) is 0 Å². The van der Waals surface area contributed by atoms with Gasteiger partial charge < -0.3 is 10.6 Å². The molecular weight excluding hydrogens is 320 g/mol. The topological polar surface area (TPSA) is 75.3 Å². The molecule has 0 aliphatic carbocycles. The summed E-state index contributed by atoms with van der Waals surface area (Å²) in [6, 6.07) is 3.82. The molecule has 2 heterocycles. The summed E-state index contributed by atoms with van der Waals surface area (Å²) >= 11 is 1.54. The van der Waals surface area contributed by atoms with Crippen LogP contribution in [0.2, 0.25) is 0 Å². The first-order chi connectivity index (χ1) is 8.96. The molecule has 5 nitrogen and oxygen atoms in total. The predicted molar refractivity (Wildman–Crippen MR) is 83.1 cm³/mol. The monoisotopic (exact) mass is 338 g/mol. The van der Waals surface area contributed by atoms with E-state index in [1.807, 2.05) is 17.5 Å². The molecule has 0 bridgehead atoms. The number of hydrogen-bond acceptors (Lipinski definition) is 5. The molecule has 1 saturated heterocycles. The van der Waals surface area contributed by atoms with Crippen molar-refractivity contribution in [1.82, 2.24) is 10.6 Å². The van der Waals surface area contributed by atoms with E-state index in [1.165, 1.54) is 0 Å². The van der Waals surface area contributed by atoms with Gasteiger partial charge in [0, 0.05) is 11.1 Å². The molecule has 1 aromatic rings. The Kier molecular flexibility index (Phi) is 6.00. The molecular formula is C12H19ClN2O3S2. The second-order valence-electron chi connectivity index (χ2n) is 4.78. The summed E-state index contributed by atoms with van der Waals surface area (Å²) in [5, 5.41) is 7.79. The highest BCUT2D eigenvalue weighted by molar-refractivity contribution is 7.92. The van der Waals surface area contributed by atoms with E-state index < -0.39 is 14.6 Å². The van der Waals surface area contributed by atoms with Gasteiger partial charge in [0.2, 0.25) is 5.91 Å². The van der Waals surface area contributed by atoms with Crippen LogP contribution >= 0.6 is 23.7 Å². The number of hydrogen-bond donors (Lipinski definition) is 2. The van der Waals surface area contributed by atoms with Crippen LogP contribution in [0.3, 0.4) is 0 Å². The zero-order valence-corrected chi connectivity index (χ0v) is 13.7. The van der Waals surface area contributed by atoms with Gasteiger partial charge in [-0.05, 0) is 37.4 Å². The zero-order valence-electron chi connectivity index (χ0n) is 11.2. The first-order valence-electron chi connectivity index (χ1n) is 6.17. The fourth-order valence-corrected chi connectivity index (χ4v) is 4.34. The third kappa shape index (κ3) is 3.52. The lowest BCUT2D eigenvalue weighted by Crippen LogP contribution is -2.57. The van der Waals surface area contributed by atoms with E-state index in [9.17, 15) is 13.2 Å². The molecule has 0 aromatic carbocycles. The normalized spacial score (nSPS) is 18.1. The summed E-state index contributed by atoms with van der Waals surface area (Å²) in [6.45, 7) is 1.50. The number of amides is 1. The van der Waals surface area contributed by atoms with Crippen molar-refractivity contribution in [1.29, 1.82) is 0 Å². The number of sulfone groups is 1. The second-order valence-corrected chi connectivity index (χ2v) is 8.14. The lowest BCUT2D eigenvalue weighted by molar-refractivity contribution is -0.124. The van der Waals surface area contributed by atoms with Crippen molar-refractivity contribution in [2.75, 3.05) is 19.3 Å². The Morgan fingerprint density at radius 1 is 1.45 bits per heavy atom. The maximum absolute atomic E-state index is 12.3. The summed E-state index contributed by atoms with van der Waals surface area (Å²) in [7, 11) is -3.43. The predicted octanol–water partition coefficient (Wildman–Crippen LogP) is 0.953. The number of rotatable bonds is 4. The Balaban J connectivity index is 0.00000200. The Hall–Kier alpha value is -0.630. The lowest BCUT2D eigenvalue weighted by atomic mass is 9.96. The quantitative estimate of drug-likeness (QED) is 0.857. The SMILES string of the molecule is CS(=O)(=O)C1(C(=O)NCc2cccs2)CCNCC1.Cl. The first kappa shape index (κ1) is 17.4. The minimum atomic E-state index is -3.43. The largest absolute Gasteiger partial charge is 0.350 e. The van der Waals surface area contributed by atoms with Crippen LogP contribution in [0.5, 0.6) is 0 Å².